The molecule has 1 heterocycles. The molecule has 0 aliphatic heterocycles. The maximum atomic E-state index is 2.53. The third-order valence-corrected chi connectivity index (χ3v) is 7.54. The standard InChI is InChI=1S/C28H52S/c1-4-7-10-13-16-19-22-26-25-29-28(24-21-18-15-12-9-6-3)27(26)23-20-17-14-11-8-5-2/h25H,4-24H2,1-3H3. The van der Waals surface area contributed by atoms with Crippen molar-refractivity contribution in [3.8, 4) is 0 Å². The fourth-order valence-electron chi connectivity index (χ4n) is 4.43. The topological polar surface area (TPSA) is 0 Å². The van der Waals surface area contributed by atoms with E-state index in [2.05, 4.69) is 37.5 Å². The largest absolute Gasteiger partial charge is 0.148 e. The number of thiophene rings is 1. The Morgan fingerprint density at radius 1 is 0.483 bits per heavy atom. The van der Waals surface area contributed by atoms with E-state index >= 15 is 0 Å². The van der Waals surface area contributed by atoms with Gasteiger partial charge in [-0.05, 0) is 55.0 Å². The van der Waals surface area contributed by atoms with E-state index in [4.69, 9.17) is 0 Å². The maximum Gasteiger partial charge on any atom is 0.00800 e. The molecule has 0 aromatic carbocycles. The third-order valence-electron chi connectivity index (χ3n) is 6.41. The predicted molar refractivity (Wildman–Crippen MR) is 136 cm³/mol. The highest BCUT2D eigenvalue weighted by Gasteiger charge is 2.11. The Morgan fingerprint density at radius 3 is 1.41 bits per heavy atom. The van der Waals surface area contributed by atoms with Crippen LogP contribution in [0.2, 0.25) is 0 Å². The van der Waals surface area contributed by atoms with E-state index in [1.165, 1.54) is 135 Å². The highest BCUT2D eigenvalue weighted by atomic mass is 32.1. The zero-order valence-electron chi connectivity index (χ0n) is 20.3. The summed E-state index contributed by atoms with van der Waals surface area (Å²) in [6.07, 6.45) is 29.5. The number of rotatable bonds is 21. The summed E-state index contributed by atoms with van der Waals surface area (Å²) in [7, 11) is 0. The molecule has 1 heteroatoms. The number of aryl methyl sites for hydroxylation is 2. The molecule has 0 saturated carbocycles. The molecule has 29 heavy (non-hydrogen) atoms. The van der Waals surface area contributed by atoms with Gasteiger partial charge in [-0.15, -0.1) is 11.3 Å². The number of hydrogen-bond acceptors (Lipinski definition) is 1. The Hall–Kier alpha value is -0.300. The minimum absolute atomic E-state index is 1.34. The molecule has 1 rings (SSSR count). The summed E-state index contributed by atoms with van der Waals surface area (Å²) in [6.45, 7) is 6.94. The summed E-state index contributed by atoms with van der Waals surface area (Å²) in [5, 5.41) is 2.53. The zero-order chi connectivity index (χ0) is 21.0. The van der Waals surface area contributed by atoms with E-state index in [9.17, 15) is 0 Å². The van der Waals surface area contributed by atoms with Crippen LogP contribution in [-0.4, -0.2) is 0 Å². The van der Waals surface area contributed by atoms with Crippen LogP contribution in [0.5, 0.6) is 0 Å². The SMILES string of the molecule is CCCCCCCCc1csc(CCCCCCCC)c1CCCCCCCC. The predicted octanol–water partition coefficient (Wildman–Crippen LogP) is 10.5. The second kappa shape index (κ2) is 19.7. The van der Waals surface area contributed by atoms with Crippen molar-refractivity contribution in [3.05, 3.63) is 21.4 Å². The Labute approximate surface area is 188 Å². The van der Waals surface area contributed by atoms with Crippen molar-refractivity contribution in [2.24, 2.45) is 0 Å². The van der Waals surface area contributed by atoms with Crippen LogP contribution >= 0.6 is 11.3 Å². The first kappa shape index (κ1) is 26.7. The van der Waals surface area contributed by atoms with Crippen LogP contribution < -0.4 is 0 Å². The van der Waals surface area contributed by atoms with Crippen molar-refractivity contribution in [1.82, 2.24) is 0 Å². The van der Waals surface area contributed by atoms with Crippen LogP contribution in [0, 0.1) is 0 Å². The number of hydrogen-bond donors (Lipinski definition) is 0. The fourth-order valence-corrected chi connectivity index (χ4v) is 5.61. The first-order chi connectivity index (χ1) is 14.3. The molecule has 0 aliphatic rings. The van der Waals surface area contributed by atoms with Gasteiger partial charge in [0.15, 0.2) is 0 Å². The monoisotopic (exact) mass is 420 g/mol. The second-order valence-electron chi connectivity index (χ2n) is 9.22. The van der Waals surface area contributed by atoms with E-state index in [1.807, 2.05) is 0 Å². The summed E-state index contributed by atoms with van der Waals surface area (Å²) >= 11 is 2.09. The molecule has 170 valence electrons. The smallest absolute Gasteiger partial charge is 0.00800 e. The summed E-state index contributed by atoms with van der Waals surface area (Å²) in [5.74, 6) is 0. The minimum Gasteiger partial charge on any atom is -0.148 e. The van der Waals surface area contributed by atoms with Crippen molar-refractivity contribution in [3.63, 3.8) is 0 Å². The maximum absolute atomic E-state index is 2.53. The van der Waals surface area contributed by atoms with Gasteiger partial charge in [-0.3, -0.25) is 0 Å². The normalized spacial score (nSPS) is 11.4. The molecule has 0 amide bonds. The van der Waals surface area contributed by atoms with Gasteiger partial charge < -0.3 is 0 Å². The molecule has 0 radical (unpaired) electrons. The molecule has 0 saturated heterocycles. The second-order valence-corrected chi connectivity index (χ2v) is 10.2. The fraction of sp³-hybridized carbons (Fsp3) is 0.857. The lowest BCUT2D eigenvalue weighted by atomic mass is 9.96. The van der Waals surface area contributed by atoms with E-state index < -0.39 is 0 Å². The van der Waals surface area contributed by atoms with Gasteiger partial charge in [0.2, 0.25) is 0 Å². The molecule has 0 N–H and O–H groups in total. The van der Waals surface area contributed by atoms with E-state index in [1.54, 1.807) is 16.0 Å². The summed E-state index contributed by atoms with van der Waals surface area (Å²) in [5.41, 5.74) is 3.51. The molecule has 0 fully saturated rings. The summed E-state index contributed by atoms with van der Waals surface area (Å²) in [6, 6.07) is 0. The molecular weight excluding hydrogens is 368 g/mol. The van der Waals surface area contributed by atoms with Gasteiger partial charge in [0.05, 0.1) is 0 Å². The van der Waals surface area contributed by atoms with E-state index in [0.717, 1.165) is 0 Å². The lowest BCUT2D eigenvalue weighted by Crippen LogP contribution is -1.96. The van der Waals surface area contributed by atoms with Gasteiger partial charge in [-0.2, -0.15) is 0 Å². The third kappa shape index (κ3) is 13.6. The van der Waals surface area contributed by atoms with Crippen molar-refractivity contribution in [2.45, 2.75) is 156 Å². The van der Waals surface area contributed by atoms with Crippen LogP contribution in [0.15, 0.2) is 5.38 Å². The van der Waals surface area contributed by atoms with E-state index in [0.29, 0.717) is 0 Å². The van der Waals surface area contributed by atoms with Crippen LogP contribution in [0.1, 0.15) is 152 Å². The van der Waals surface area contributed by atoms with Gasteiger partial charge in [0, 0.05) is 4.88 Å². The molecular formula is C28H52S. The Bertz CT molecular complexity index is 425. The van der Waals surface area contributed by atoms with Gasteiger partial charge in [0.1, 0.15) is 0 Å². The van der Waals surface area contributed by atoms with Crippen molar-refractivity contribution >= 4 is 11.3 Å². The summed E-state index contributed by atoms with van der Waals surface area (Å²) < 4.78 is 0. The molecule has 0 aliphatic carbocycles. The van der Waals surface area contributed by atoms with Gasteiger partial charge >= 0.3 is 0 Å². The highest BCUT2D eigenvalue weighted by Crippen LogP contribution is 2.28. The quantitative estimate of drug-likeness (QED) is 0.173. The zero-order valence-corrected chi connectivity index (χ0v) is 21.2. The average molecular weight is 421 g/mol. The van der Waals surface area contributed by atoms with Gasteiger partial charge in [-0.1, -0.05) is 117 Å². The van der Waals surface area contributed by atoms with Crippen molar-refractivity contribution in [1.29, 1.82) is 0 Å². The summed E-state index contributed by atoms with van der Waals surface area (Å²) in [4.78, 5) is 1.75. The van der Waals surface area contributed by atoms with Crippen LogP contribution in [0.4, 0.5) is 0 Å². The van der Waals surface area contributed by atoms with Crippen LogP contribution in [-0.2, 0) is 19.3 Å². The molecule has 0 atom stereocenters. The molecule has 1 aromatic rings. The molecule has 0 bridgehead atoms. The first-order valence-corrected chi connectivity index (χ1v) is 14.3. The average Bonchev–Trinajstić information content (AvgIpc) is 3.11. The van der Waals surface area contributed by atoms with Gasteiger partial charge in [0.25, 0.3) is 0 Å². The lowest BCUT2D eigenvalue weighted by Gasteiger charge is -2.09. The lowest BCUT2D eigenvalue weighted by molar-refractivity contribution is 0.595. The highest BCUT2D eigenvalue weighted by molar-refractivity contribution is 7.10. The molecule has 0 unspecified atom stereocenters. The van der Waals surface area contributed by atoms with E-state index in [-0.39, 0.29) is 0 Å². The first-order valence-electron chi connectivity index (χ1n) is 13.4. The molecule has 1 aromatic heterocycles. The van der Waals surface area contributed by atoms with Crippen LogP contribution in [0.25, 0.3) is 0 Å². The molecule has 0 nitrogen and oxygen atoms in total. The molecule has 0 spiro atoms. The Morgan fingerprint density at radius 2 is 0.897 bits per heavy atom. The van der Waals surface area contributed by atoms with Crippen molar-refractivity contribution in [2.75, 3.05) is 0 Å². The Balaban J connectivity index is 2.44. The Kier molecular flexibility index (Phi) is 18.1. The number of unbranched alkanes of at least 4 members (excludes halogenated alkanes) is 15. The minimum atomic E-state index is 1.34. The van der Waals surface area contributed by atoms with Crippen LogP contribution in [0.3, 0.4) is 0 Å². The van der Waals surface area contributed by atoms with Gasteiger partial charge in [-0.25, -0.2) is 0 Å². The van der Waals surface area contributed by atoms with Crippen molar-refractivity contribution < 1.29 is 0 Å².